The van der Waals surface area contributed by atoms with Crippen LogP contribution in [0.3, 0.4) is 0 Å². The van der Waals surface area contributed by atoms with Crippen LogP contribution in [-0.2, 0) is 11.8 Å². The van der Waals surface area contributed by atoms with E-state index in [2.05, 4.69) is 9.19 Å². The maximum atomic E-state index is 12.6. The van der Waals surface area contributed by atoms with E-state index in [-0.39, 0.29) is 20.5 Å². The molecule has 4 heteroatoms. The molecule has 0 aliphatic heterocycles. The van der Waals surface area contributed by atoms with E-state index in [0.29, 0.717) is 0 Å². The maximum absolute atomic E-state index is 12.6. The molecule has 0 bridgehead atoms. The molecular weight excluding hydrogens is 279 g/mol. The molecule has 3 nitrogen and oxygen atoms in total. The summed E-state index contributed by atoms with van der Waals surface area (Å²) in [4.78, 5) is 14.6. The molecule has 2 aromatic rings. The fourth-order valence-corrected chi connectivity index (χ4v) is 3.64. The summed E-state index contributed by atoms with van der Waals surface area (Å²) in [6.07, 6.45) is 1.78. The molecule has 0 spiro atoms. The van der Waals surface area contributed by atoms with E-state index in [4.69, 9.17) is 0 Å². The number of rotatable bonds is 1. The quantitative estimate of drug-likeness (QED) is 0.750. The van der Waals surface area contributed by atoms with Crippen LogP contribution in [0.2, 0.25) is 0 Å². The summed E-state index contributed by atoms with van der Waals surface area (Å²) in [5, 5.41) is 4.15. The summed E-state index contributed by atoms with van der Waals surface area (Å²) in [6, 6.07) is 7.89. The van der Waals surface area contributed by atoms with Crippen molar-refractivity contribution < 1.29 is 4.79 Å². The predicted octanol–water partition coefficient (Wildman–Crippen LogP) is 1.62. The van der Waals surface area contributed by atoms with Gasteiger partial charge in [0.05, 0.1) is 0 Å². The second-order valence-electron chi connectivity index (χ2n) is 4.61. The van der Waals surface area contributed by atoms with Gasteiger partial charge in [-0.2, -0.15) is 0 Å². The predicted molar refractivity (Wildman–Crippen MR) is 65.4 cm³/mol. The van der Waals surface area contributed by atoms with E-state index in [1.165, 1.54) is 0 Å². The summed E-state index contributed by atoms with van der Waals surface area (Å²) in [6.45, 7) is 2.00. The first-order chi connectivity index (χ1) is 8.22. The Hall–Kier alpha value is -1.25. The number of carbonyl (C=O) groups is 1. The normalized spacial score (nSPS) is 23.5. The number of aryl methyl sites for hydroxylation is 1. The van der Waals surface area contributed by atoms with Crippen molar-refractivity contribution in [2.75, 3.05) is 0 Å². The molecule has 1 aliphatic rings. The van der Waals surface area contributed by atoms with Crippen LogP contribution >= 0.6 is 0 Å². The fraction of sp³-hybridized carbons (Fsp3) is 0.308. The zero-order chi connectivity index (χ0) is 11.9. The molecule has 0 radical (unpaired) electrons. The molecule has 1 unspecified atom stereocenters. The minimum absolute atomic E-state index is 0.0928. The topological polar surface area (TPSA) is 42.9 Å². The summed E-state index contributed by atoms with van der Waals surface area (Å²) in [5.41, 5.74) is 2.43. The number of hydrogen-bond acceptors (Lipinski definition) is 3. The molecule has 1 aromatic heterocycles. The van der Waals surface area contributed by atoms with Gasteiger partial charge in [0.15, 0.2) is 0 Å². The first-order valence-corrected chi connectivity index (χ1v) is 7.37. The monoisotopic (exact) mass is 292 g/mol. The Morgan fingerprint density at radius 2 is 2.18 bits per heavy atom. The molecule has 3 rings (SSSR count). The van der Waals surface area contributed by atoms with E-state index in [9.17, 15) is 4.79 Å². The molecule has 1 heterocycles. The van der Waals surface area contributed by atoms with Crippen molar-refractivity contribution in [3.05, 3.63) is 46.0 Å². The first kappa shape index (κ1) is 10.9. The minimum atomic E-state index is -0.462. The number of nitrogens with zero attached hydrogens (tertiary/aromatic N) is 2. The van der Waals surface area contributed by atoms with E-state index in [1.807, 2.05) is 36.1 Å². The summed E-state index contributed by atoms with van der Waals surface area (Å²) in [5.74, 6) is 0.197. The van der Waals surface area contributed by atoms with Gasteiger partial charge in [-0.05, 0) is 0 Å². The Bertz CT molecular complexity index is 565. The Morgan fingerprint density at radius 1 is 1.35 bits per heavy atom. The molecular formula is C13H12N2OSe. The molecule has 17 heavy (non-hydrogen) atoms. The summed E-state index contributed by atoms with van der Waals surface area (Å²) < 4.78 is 4.02. The van der Waals surface area contributed by atoms with E-state index in [0.717, 1.165) is 29.7 Å². The molecule has 0 fully saturated rings. The zero-order valence-electron chi connectivity index (χ0n) is 9.51. The van der Waals surface area contributed by atoms with E-state index in [1.54, 1.807) is 0 Å². The van der Waals surface area contributed by atoms with Crippen molar-refractivity contribution in [1.82, 2.24) is 9.19 Å². The average Bonchev–Trinajstić information content (AvgIpc) is 2.89. The number of carbonyl (C=O) groups excluding carboxylic acids is 1. The molecule has 0 N–H and O–H groups in total. The third-order valence-electron chi connectivity index (χ3n) is 3.58. The number of aromatic nitrogens is 2. The van der Waals surface area contributed by atoms with Crippen LogP contribution in [0, 0.1) is 0 Å². The van der Waals surface area contributed by atoms with Gasteiger partial charge in [-0.1, -0.05) is 0 Å². The molecule has 86 valence electrons. The summed E-state index contributed by atoms with van der Waals surface area (Å²) in [7, 11) is 0. The number of benzene rings is 1. The van der Waals surface area contributed by atoms with Gasteiger partial charge in [-0.15, -0.1) is 0 Å². The zero-order valence-corrected chi connectivity index (χ0v) is 11.2. The van der Waals surface area contributed by atoms with Crippen LogP contribution in [0.5, 0.6) is 0 Å². The fourth-order valence-electron chi connectivity index (χ4n) is 2.40. The van der Waals surface area contributed by atoms with Crippen molar-refractivity contribution >= 4 is 20.5 Å². The SMILES string of the molecule is CC1(c2c[se]nn2)CCc2ccccc2C1=O. The second-order valence-corrected chi connectivity index (χ2v) is 5.89. The van der Waals surface area contributed by atoms with Crippen LogP contribution in [0.15, 0.2) is 29.2 Å². The third kappa shape index (κ3) is 1.60. The van der Waals surface area contributed by atoms with E-state index >= 15 is 0 Å². The number of hydrogen-bond donors (Lipinski definition) is 0. The standard InChI is InChI=1S/C13H12N2OSe/c1-13(11-8-17-15-14-11)7-6-9-4-2-3-5-10(9)12(13)16/h2-5,8H,6-7H2,1H3. The van der Waals surface area contributed by atoms with Gasteiger partial charge < -0.3 is 0 Å². The Morgan fingerprint density at radius 3 is 2.94 bits per heavy atom. The molecule has 1 aromatic carbocycles. The van der Waals surface area contributed by atoms with E-state index < -0.39 is 5.41 Å². The van der Waals surface area contributed by atoms with Crippen molar-refractivity contribution in [2.45, 2.75) is 25.2 Å². The van der Waals surface area contributed by atoms with Crippen molar-refractivity contribution in [1.29, 1.82) is 0 Å². The Balaban J connectivity index is 2.11. The third-order valence-corrected chi connectivity index (χ3v) is 4.64. The number of fused-ring (bicyclic) bond motifs is 1. The molecule has 0 saturated heterocycles. The average molecular weight is 291 g/mol. The second kappa shape index (κ2) is 3.90. The molecule has 1 aliphatic carbocycles. The Kier molecular flexibility index (Phi) is 2.49. The van der Waals surface area contributed by atoms with Gasteiger partial charge in [-0.25, -0.2) is 0 Å². The molecule has 0 saturated carbocycles. The summed E-state index contributed by atoms with van der Waals surface area (Å²) >= 11 is 0.0928. The van der Waals surface area contributed by atoms with Crippen LogP contribution in [0.1, 0.15) is 35.0 Å². The van der Waals surface area contributed by atoms with Gasteiger partial charge in [0.1, 0.15) is 0 Å². The van der Waals surface area contributed by atoms with Crippen LogP contribution < -0.4 is 0 Å². The van der Waals surface area contributed by atoms with Crippen molar-refractivity contribution in [3.63, 3.8) is 0 Å². The van der Waals surface area contributed by atoms with Crippen LogP contribution in [-0.4, -0.2) is 29.7 Å². The Labute approximate surface area is 106 Å². The van der Waals surface area contributed by atoms with Crippen molar-refractivity contribution in [2.24, 2.45) is 0 Å². The van der Waals surface area contributed by atoms with Gasteiger partial charge in [0.2, 0.25) is 0 Å². The molecule has 1 atom stereocenters. The molecule has 0 amide bonds. The van der Waals surface area contributed by atoms with Crippen molar-refractivity contribution in [3.8, 4) is 0 Å². The number of ketones is 1. The van der Waals surface area contributed by atoms with Gasteiger partial charge in [-0.3, -0.25) is 0 Å². The van der Waals surface area contributed by atoms with Crippen LogP contribution in [0.4, 0.5) is 0 Å². The van der Waals surface area contributed by atoms with Gasteiger partial charge >= 0.3 is 106 Å². The van der Waals surface area contributed by atoms with Gasteiger partial charge in [0, 0.05) is 0 Å². The first-order valence-electron chi connectivity index (χ1n) is 5.62. The van der Waals surface area contributed by atoms with Crippen LogP contribution in [0.25, 0.3) is 0 Å². The number of Topliss-reactive ketones (excluding diaryl/α,β-unsaturated/α-hetero) is 1. The van der Waals surface area contributed by atoms with Gasteiger partial charge in [0.25, 0.3) is 0 Å².